The van der Waals surface area contributed by atoms with Gasteiger partial charge in [-0.25, -0.2) is 0 Å². The van der Waals surface area contributed by atoms with E-state index in [0.29, 0.717) is 4.67 Å². The van der Waals surface area contributed by atoms with Crippen LogP contribution in [0.3, 0.4) is 0 Å². The molecule has 0 aliphatic rings. The second kappa shape index (κ2) is 4.21. The predicted molar refractivity (Wildman–Crippen MR) is 63.6 cm³/mol. The number of aryl methyl sites for hydroxylation is 1. The summed E-state index contributed by atoms with van der Waals surface area (Å²) in [7, 11) is 0. The van der Waals surface area contributed by atoms with Crippen molar-refractivity contribution in [3.05, 3.63) is 58.0 Å². The molecule has 0 bridgehead atoms. The molecule has 0 aliphatic carbocycles. The Bertz CT molecular complexity index is 447. The van der Waals surface area contributed by atoms with Gasteiger partial charge in [0.2, 0.25) is 0 Å². The maximum Gasteiger partial charge on any atom is 0.174 e. The van der Waals surface area contributed by atoms with Crippen molar-refractivity contribution in [1.29, 1.82) is 0 Å². The number of hydrogen-bond acceptors (Lipinski definition) is 2. The first-order valence-electron chi connectivity index (χ1n) is 4.73. The van der Waals surface area contributed by atoms with E-state index in [1.807, 2.05) is 18.2 Å². The van der Waals surface area contributed by atoms with E-state index in [-0.39, 0.29) is 6.04 Å². The Morgan fingerprint density at radius 1 is 1.20 bits per heavy atom. The van der Waals surface area contributed by atoms with Crippen LogP contribution in [-0.4, -0.2) is 0 Å². The summed E-state index contributed by atoms with van der Waals surface area (Å²) in [4.78, 5) is 0. The van der Waals surface area contributed by atoms with Crippen LogP contribution in [0, 0.1) is 6.92 Å². The molecule has 1 unspecified atom stereocenters. The first-order valence-corrected chi connectivity index (χ1v) is 5.53. The van der Waals surface area contributed by atoms with Gasteiger partial charge in [0, 0.05) is 5.56 Å². The Morgan fingerprint density at radius 2 is 1.87 bits per heavy atom. The van der Waals surface area contributed by atoms with Crippen LogP contribution in [0.2, 0.25) is 0 Å². The van der Waals surface area contributed by atoms with Crippen LogP contribution >= 0.6 is 15.9 Å². The lowest BCUT2D eigenvalue weighted by Gasteiger charge is -2.10. The summed E-state index contributed by atoms with van der Waals surface area (Å²) in [6, 6.07) is 9.94. The molecule has 0 saturated carbocycles. The maximum atomic E-state index is 6.12. The van der Waals surface area contributed by atoms with Gasteiger partial charge in [0.15, 0.2) is 4.67 Å². The Balaban J connectivity index is 2.32. The minimum Gasteiger partial charge on any atom is -0.457 e. The van der Waals surface area contributed by atoms with Crippen molar-refractivity contribution in [2.75, 3.05) is 0 Å². The van der Waals surface area contributed by atoms with E-state index >= 15 is 0 Å². The van der Waals surface area contributed by atoms with Crippen molar-refractivity contribution < 1.29 is 4.42 Å². The van der Waals surface area contributed by atoms with Crippen molar-refractivity contribution in [3.8, 4) is 0 Å². The number of rotatable bonds is 2. The summed E-state index contributed by atoms with van der Waals surface area (Å²) < 4.78 is 5.87. The molecule has 1 atom stereocenters. The largest absolute Gasteiger partial charge is 0.457 e. The number of furan rings is 1. The second-order valence-electron chi connectivity index (χ2n) is 3.54. The molecule has 1 heterocycles. The third kappa shape index (κ3) is 2.13. The molecule has 0 saturated heterocycles. The fourth-order valence-electron chi connectivity index (χ4n) is 1.48. The smallest absolute Gasteiger partial charge is 0.174 e. The zero-order valence-corrected chi connectivity index (χ0v) is 9.99. The highest BCUT2D eigenvalue weighted by Crippen LogP contribution is 2.27. The predicted octanol–water partition coefficient (Wildman–Crippen LogP) is 3.40. The third-order valence-electron chi connectivity index (χ3n) is 2.42. The molecular weight excluding hydrogens is 254 g/mol. The normalized spacial score (nSPS) is 12.7. The first kappa shape index (κ1) is 10.5. The van der Waals surface area contributed by atoms with Gasteiger partial charge < -0.3 is 10.2 Å². The topological polar surface area (TPSA) is 39.2 Å². The van der Waals surface area contributed by atoms with E-state index in [1.54, 1.807) is 6.26 Å². The molecule has 2 nitrogen and oxygen atoms in total. The third-order valence-corrected chi connectivity index (χ3v) is 3.06. The second-order valence-corrected chi connectivity index (χ2v) is 4.26. The van der Waals surface area contributed by atoms with Crippen molar-refractivity contribution in [2.45, 2.75) is 13.0 Å². The zero-order chi connectivity index (χ0) is 10.8. The molecule has 1 aromatic carbocycles. The number of halogens is 1. The SMILES string of the molecule is Cc1ccc(C(N)c2ccoc2Br)cc1. The van der Waals surface area contributed by atoms with E-state index in [9.17, 15) is 0 Å². The van der Waals surface area contributed by atoms with Crippen molar-refractivity contribution in [1.82, 2.24) is 0 Å². The summed E-state index contributed by atoms with van der Waals surface area (Å²) in [6.45, 7) is 2.06. The molecule has 15 heavy (non-hydrogen) atoms. The highest BCUT2D eigenvalue weighted by atomic mass is 79.9. The molecule has 0 radical (unpaired) electrons. The molecule has 2 N–H and O–H groups in total. The summed E-state index contributed by atoms with van der Waals surface area (Å²) in [5.41, 5.74) is 9.41. The summed E-state index contributed by atoms with van der Waals surface area (Å²) in [5.74, 6) is 0. The minimum absolute atomic E-state index is 0.140. The lowest BCUT2D eigenvalue weighted by Crippen LogP contribution is -2.11. The molecule has 1 aromatic heterocycles. The van der Waals surface area contributed by atoms with Gasteiger partial charge in [-0.1, -0.05) is 29.8 Å². The van der Waals surface area contributed by atoms with Gasteiger partial charge >= 0.3 is 0 Å². The van der Waals surface area contributed by atoms with E-state index in [0.717, 1.165) is 11.1 Å². The molecule has 3 heteroatoms. The van der Waals surface area contributed by atoms with Gasteiger partial charge in [0.25, 0.3) is 0 Å². The molecule has 78 valence electrons. The van der Waals surface area contributed by atoms with Gasteiger partial charge in [-0.3, -0.25) is 0 Å². The minimum atomic E-state index is -0.140. The monoisotopic (exact) mass is 265 g/mol. The van der Waals surface area contributed by atoms with Crippen LogP contribution < -0.4 is 5.73 Å². The van der Waals surface area contributed by atoms with Gasteiger partial charge in [-0.05, 0) is 34.5 Å². The molecule has 2 rings (SSSR count). The average molecular weight is 266 g/mol. The Kier molecular flexibility index (Phi) is 2.93. The Hall–Kier alpha value is -1.06. The summed E-state index contributed by atoms with van der Waals surface area (Å²) >= 11 is 3.33. The van der Waals surface area contributed by atoms with E-state index in [1.165, 1.54) is 5.56 Å². The molecule has 0 amide bonds. The summed E-state index contributed by atoms with van der Waals surface area (Å²) in [5, 5.41) is 0. The Labute approximate surface area is 97.2 Å². The van der Waals surface area contributed by atoms with Crippen molar-refractivity contribution >= 4 is 15.9 Å². The molecule has 0 spiro atoms. The quantitative estimate of drug-likeness (QED) is 0.904. The lowest BCUT2D eigenvalue weighted by molar-refractivity contribution is 0.534. The highest BCUT2D eigenvalue weighted by Gasteiger charge is 2.13. The molecule has 2 aromatic rings. The lowest BCUT2D eigenvalue weighted by atomic mass is 10.0. The number of hydrogen-bond donors (Lipinski definition) is 1. The zero-order valence-electron chi connectivity index (χ0n) is 8.41. The van der Waals surface area contributed by atoms with Gasteiger partial charge in [0.05, 0.1) is 12.3 Å². The number of benzene rings is 1. The van der Waals surface area contributed by atoms with E-state index in [4.69, 9.17) is 10.2 Å². The van der Waals surface area contributed by atoms with Gasteiger partial charge in [-0.15, -0.1) is 0 Å². The standard InChI is InChI=1S/C12H12BrNO/c1-8-2-4-9(5-3-8)11(14)10-6-7-15-12(10)13/h2-7,11H,14H2,1H3. The first-order chi connectivity index (χ1) is 7.18. The van der Waals surface area contributed by atoms with Crippen LogP contribution in [0.4, 0.5) is 0 Å². The van der Waals surface area contributed by atoms with Crippen LogP contribution in [-0.2, 0) is 0 Å². The Morgan fingerprint density at radius 3 is 2.40 bits per heavy atom. The van der Waals surface area contributed by atoms with Gasteiger partial charge in [0.1, 0.15) is 0 Å². The van der Waals surface area contributed by atoms with E-state index in [2.05, 4.69) is 35.0 Å². The molecule has 0 fully saturated rings. The fourth-order valence-corrected chi connectivity index (χ4v) is 1.97. The highest BCUT2D eigenvalue weighted by molar-refractivity contribution is 9.10. The molecule has 0 aliphatic heterocycles. The van der Waals surface area contributed by atoms with Crippen molar-refractivity contribution in [2.24, 2.45) is 5.73 Å². The van der Waals surface area contributed by atoms with Crippen LogP contribution in [0.5, 0.6) is 0 Å². The summed E-state index contributed by atoms with van der Waals surface area (Å²) in [6.07, 6.45) is 1.63. The van der Waals surface area contributed by atoms with Crippen molar-refractivity contribution in [3.63, 3.8) is 0 Å². The molecular formula is C12H12BrNO. The average Bonchev–Trinajstić information content (AvgIpc) is 2.65. The van der Waals surface area contributed by atoms with Crippen LogP contribution in [0.15, 0.2) is 45.7 Å². The van der Waals surface area contributed by atoms with Crippen LogP contribution in [0.1, 0.15) is 22.7 Å². The number of nitrogens with two attached hydrogens (primary N) is 1. The van der Waals surface area contributed by atoms with Gasteiger partial charge in [-0.2, -0.15) is 0 Å². The van der Waals surface area contributed by atoms with Crippen LogP contribution in [0.25, 0.3) is 0 Å². The van der Waals surface area contributed by atoms with E-state index < -0.39 is 0 Å². The maximum absolute atomic E-state index is 6.12. The fraction of sp³-hybridized carbons (Fsp3) is 0.167.